The van der Waals surface area contributed by atoms with Gasteiger partial charge in [0.15, 0.2) is 17.5 Å². The zero-order valence-electron chi connectivity index (χ0n) is 11.1. The Balaban J connectivity index is 2.32. The second-order valence-electron chi connectivity index (χ2n) is 4.21. The van der Waals surface area contributed by atoms with Gasteiger partial charge in [-0.25, -0.2) is 13.8 Å². The van der Waals surface area contributed by atoms with Gasteiger partial charge < -0.3 is 5.32 Å². The molecule has 0 saturated heterocycles. The molecule has 112 valence electrons. The lowest BCUT2D eigenvalue weighted by Crippen LogP contribution is -2.06. The number of pyridine rings is 1. The van der Waals surface area contributed by atoms with Crippen molar-refractivity contribution < 1.29 is 8.78 Å². The maximum atomic E-state index is 13.8. The van der Waals surface area contributed by atoms with Gasteiger partial charge in [0.05, 0.1) is 5.02 Å². The highest BCUT2D eigenvalue weighted by molar-refractivity contribution is 7.99. The Morgan fingerprint density at radius 1 is 1.19 bits per heavy atom. The first-order valence-corrected chi connectivity index (χ1v) is 7.81. The fraction of sp³-hybridized carbons (Fsp3) is 0.214. The predicted octanol–water partition coefficient (Wildman–Crippen LogP) is 5.64. The molecule has 0 spiro atoms. The molecular weight excluding hydrogens is 337 g/mol. The van der Waals surface area contributed by atoms with Crippen LogP contribution < -0.4 is 5.32 Å². The van der Waals surface area contributed by atoms with Crippen molar-refractivity contribution in [1.29, 1.82) is 0 Å². The van der Waals surface area contributed by atoms with Crippen LogP contribution in [0, 0.1) is 11.6 Å². The summed E-state index contributed by atoms with van der Waals surface area (Å²) in [5, 5.41) is 3.77. The van der Waals surface area contributed by atoms with Crippen molar-refractivity contribution in [2.45, 2.75) is 23.3 Å². The van der Waals surface area contributed by atoms with Crippen molar-refractivity contribution in [3.05, 3.63) is 45.9 Å². The van der Waals surface area contributed by atoms with Gasteiger partial charge in [-0.1, -0.05) is 41.9 Å². The number of anilines is 1. The van der Waals surface area contributed by atoms with Crippen LogP contribution in [-0.2, 0) is 0 Å². The molecule has 0 unspecified atom stereocenters. The average Bonchev–Trinajstić information content (AvgIpc) is 2.44. The Morgan fingerprint density at radius 3 is 2.67 bits per heavy atom. The minimum Gasteiger partial charge on any atom is -0.368 e. The van der Waals surface area contributed by atoms with E-state index in [1.807, 2.05) is 6.92 Å². The van der Waals surface area contributed by atoms with Crippen LogP contribution in [-0.4, -0.2) is 11.5 Å². The summed E-state index contributed by atoms with van der Waals surface area (Å²) in [5.41, 5.74) is 0. The largest absolute Gasteiger partial charge is 0.368 e. The Hall–Kier alpha value is -1.04. The van der Waals surface area contributed by atoms with Crippen molar-refractivity contribution in [1.82, 2.24) is 4.98 Å². The molecule has 0 radical (unpaired) electrons. The Morgan fingerprint density at radius 2 is 1.95 bits per heavy atom. The third-order valence-electron chi connectivity index (χ3n) is 2.54. The van der Waals surface area contributed by atoms with Gasteiger partial charge in [-0.15, -0.1) is 0 Å². The Kier molecular flexibility index (Phi) is 5.67. The van der Waals surface area contributed by atoms with E-state index in [9.17, 15) is 8.78 Å². The summed E-state index contributed by atoms with van der Waals surface area (Å²) >= 11 is 12.9. The van der Waals surface area contributed by atoms with Gasteiger partial charge in [0.1, 0.15) is 5.03 Å². The van der Waals surface area contributed by atoms with Gasteiger partial charge >= 0.3 is 0 Å². The maximum Gasteiger partial charge on any atom is 0.168 e. The molecular formula is C14H12Cl2F2N2S. The predicted molar refractivity (Wildman–Crippen MR) is 83.5 cm³/mol. The maximum absolute atomic E-state index is 13.8. The lowest BCUT2D eigenvalue weighted by molar-refractivity contribution is 0.551. The highest BCUT2D eigenvalue weighted by Crippen LogP contribution is 2.36. The van der Waals surface area contributed by atoms with E-state index in [1.54, 1.807) is 18.2 Å². The zero-order chi connectivity index (χ0) is 15.4. The second kappa shape index (κ2) is 7.29. The number of benzene rings is 1. The third-order valence-corrected chi connectivity index (χ3v) is 4.25. The highest BCUT2D eigenvalue weighted by atomic mass is 35.5. The van der Waals surface area contributed by atoms with Gasteiger partial charge in [0, 0.05) is 22.5 Å². The van der Waals surface area contributed by atoms with Crippen LogP contribution in [0.5, 0.6) is 0 Å². The van der Waals surface area contributed by atoms with Crippen LogP contribution >= 0.6 is 35.0 Å². The van der Waals surface area contributed by atoms with Crippen molar-refractivity contribution >= 4 is 40.8 Å². The molecule has 7 heteroatoms. The van der Waals surface area contributed by atoms with E-state index in [0.29, 0.717) is 21.5 Å². The molecule has 0 atom stereocenters. The van der Waals surface area contributed by atoms with Crippen LogP contribution in [0.15, 0.2) is 34.2 Å². The van der Waals surface area contributed by atoms with Crippen LogP contribution in [0.3, 0.4) is 0 Å². The summed E-state index contributed by atoms with van der Waals surface area (Å²) in [5.74, 6) is -1.43. The van der Waals surface area contributed by atoms with Crippen molar-refractivity contribution in [3.8, 4) is 0 Å². The third kappa shape index (κ3) is 4.22. The molecule has 2 aromatic rings. The first-order valence-electron chi connectivity index (χ1n) is 6.24. The van der Waals surface area contributed by atoms with Gasteiger partial charge in [0.25, 0.3) is 0 Å². The molecule has 2 nitrogen and oxygen atoms in total. The highest BCUT2D eigenvalue weighted by Gasteiger charge is 2.14. The summed E-state index contributed by atoms with van der Waals surface area (Å²) in [6, 6.07) is 5.67. The zero-order valence-corrected chi connectivity index (χ0v) is 13.4. The van der Waals surface area contributed by atoms with Gasteiger partial charge in [-0.05, 0) is 24.6 Å². The number of hydrogen-bond donors (Lipinski definition) is 1. The lowest BCUT2D eigenvalue weighted by atomic mass is 10.4. The van der Waals surface area contributed by atoms with Crippen LogP contribution in [0.4, 0.5) is 14.6 Å². The van der Waals surface area contributed by atoms with Gasteiger partial charge in [-0.2, -0.15) is 0 Å². The van der Waals surface area contributed by atoms with E-state index in [0.717, 1.165) is 24.2 Å². The number of hydrogen-bond acceptors (Lipinski definition) is 3. The normalized spacial score (nSPS) is 10.7. The van der Waals surface area contributed by atoms with Gasteiger partial charge in [0.2, 0.25) is 0 Å². The van der Waals surface area contributed by atoms with E-state index in [1.165, 1.54) is 0 Å². The number of rotatable bonds is 5. The summed E-state index contributed by atoms with van der Waals surface area (Å²) in [6.45, 7) is 2.49. The monoisotopic (exact) mass is 348 g/mol. The topological polar surface area (TPSA) is 24.9 Å². The first-order chi connectivity index (χ1) is 10.0. The van der Waals surface area contributed by atoms with Crippen LogP contribution in [0.2, 0.25) is 10.0 Å². The van der Waals surface area contributed by atoms with E-state index in [4.69, 9.17) is 23.2 Å². The fourth-order valence-electron chi connectivity index (χ4n) is 1.55. The Bertz CT molecular complexity index is 653. The molecule has 0 aliphatic carbocycles. The fourth-order valence-corrected chi connectivity index (χ4v) is 2.87. The number of nitrogens with zero attached hydrogens (tertiary/aromatic N) is 1. The van der Waals surface area contributed by atoms with E-state index in [-0.39, 0.29) is 10.8 Å². The molecule has 21 heavy (non-hydrogen) atoms. The molecule has 1 aromatic heterocycles. The second-order valence-corrected chi connectivity index (χ2v) is 6.08. The van der Waals surface area contributed by atoms with E-state index in [2.05, 4.69) is 10.3 Å². The summed E-state index contributed by atoms with van der Waals surface area (Å²) in [6.07, 6.45) is 0.807. The molecule has 0 saturated carbocycles. The molecule has 1 heterocycles. The molecule has 0 aliphatic rings. The molecule has 0 aliphatic heterocycles. The number of halogens is 4. The van der Waals surface area contributed by atoms with E-state index >= 15 is 0 Å². The molecule has 0 amide bonds. The van der Waals surface area contributed by atoms with Gasteiger partial charge in [-0.3, -0.25) is 0 Å². The van der Waals surface area contributed by atoms with Crippen molar-refractivity contribution in [2.75, 3.05) is 11.9 Å². The van der Waals surface area contributed by atoms with E-state index < -0.39 is 11.6 Å². The molecule has 0 fully saturated rings. The number of nitrogens with one attached hydrogen (secondary N) is 1. The minimum atomic E-state index is -0.740. The standard InChI is InChI=1S/C14H12Cl2F2N2S/c1-2-5-19-13-10(17)7-11(18)14(20-13)21-12-6-8(15)3-4-9(12)16/h3-4,6-7H,2,5H2,1H3,(H,19,20). The SMILES string of the molecule is CCCNc1nc(Sc2cc(Cl)ccc2Cl)c(F)cc1F. The summed E-state index contributed by atoms with van der Waals surface area (Å²) in [7, 11) is 0. The molecule has 2 rings (SSSR count). The minimum absolute atomic E-state index is 0.0268. The quantitative estimate of drug-likeness (QED) is 0.756. The van der Waals surface area contributed by atoms with Crippen LogP contribution in [0.25, 0.3) is 0 Å². The lowest BCUT2D eigenvalue weighted by Gasteiger charge is -2.09. The first kappa shape index (κ1) is 16.3. The van der Waals surface area contributed by atoms with Crippen molar-refractivity contribution in [2.24, 2.45) is 0 Å². The summed E-state index contributed by atoms with van der Waals surface area (Å²) in [4.78, 5) is 4.53. The smallest absolute Gasteiger partial charge is 0.168 e. The number of aromatic nitrogens is 1. The summed E-state index contributed by atoms with van der Waals surface area (Å²) < 4.78 is 27.5. The molecule has 1 aromatic carbocycles. The van der Waals surface area contributed by atoms with Crippen LogP contribution in [0.1, 0.15) is 13.3 Å². The Labute approximate surface area is 135 Å². The average molecular weight is 349 g/mol. The molecule has 1 N–H and O–H groups in total. The molecule has 0 bridgehead atoms. The van der Waals surface area contributed by atoms with Crippen molar-refractivity contribution in [3.63, 3.8) is 0 Å².